The number of anilines is 1. The molecule has 0 radical (unpaired) electrons. The van der Waals surface area contributed by atoms with E-state index in [-0.39, 0.29) is 15.7 Å². The molecule has 0 bridgehead atoms. The molecule has 4 aromatic rings. The van der Waals surface area contributed by atoms with Crippen LogP contribution in [0.15, 0.2) is 54.7 Å². The zero-order valence-electron chi connectivity index (χ0n) is 20.4. The number of thiocarbonyl (C=S) groups is 1. The van der Waals surface area contributed by atoms with Gasteiger partial charge in [0.1, 0.15) is 11.5 Å². The molecule has 1 amide bonds. The standard InChI is InChI=1S/C27H23Cl2N3O4S/c1-14-15(2)22(36-23-9-10-30-21-13-25(35-4)24(34-3)12-18(21)23)8-7-20(14)31-27(37)32-26(33)17-6-5-16(28)11-19(17)29/h5-13H,1-4H3,(H2,31,32,33,37). The molecule has 10 heteroatoms. The Bertz CT molecular complexity index is 1530. The van der Waals surface area contributed by atoms with Gasteiger partial charge in [-0.3, -0.25) is 15.1 Å². The molecule has 37 heavy (non-hydrogen) atoms. The normalized spacial score (nSPS) is 10.6. The number of amides is 1. The molecule has 2 N–H and O–H groups in total. The number of nitrogens with one attached hydrogen (secondary N) is 2. The molecule has 190 valence electrons. The van der Waals surface area contributed by atoms with E-state index in [0.717, 1.165) is 22.2 Å². The van der Waals surface area contributed by atoms with Gasteiger partial charge in [0.2, 0.25) is 0 Å². The Morgan fingerprint density at radius 3 is 2.32 bits per heavy atom. The summed E-state index contributed by atoms with van der Waals surface area (Å²) in [7, 11) is 3.16. The van der Waals surface area contributed by atoms with E-state index in [4.69, 9.17) is 49.6 Å². The van der Waals surface area contributed by atoms with Crippen LogP contribution < -0.4 is 24.8 Å². The number of carbonyl (C=O) groups is 1. The van der Waals surface area contributed by atoms with Crippen LogP contribution in [0.3, 0.4) is 0 Å². The third kappa shape index (κ3) is 5.72. The first-order valence-corrected chi connectivity index (χ1v) is 12.2. The summed E-state index contributed by atoms with van der Waals surface area (Å²) >= 11 is 17.4. The van der Waals surface area contributed by atoms with Crippen molar-refractivity contribution in [1.29, 1.82) is 0 Å². The molecule has 0 saturated carbocycles. The molecule has 0 aliphatic carbocycles. The van der Waals surface area contributed by atoms with Crippen LogP contribution in [0.4, 0.5) is 5.69 Å². The van der Waals surface area contributed by atoms with Gasteiger partial charge in [0.25, 0.3) is 5.91 Å². The molecule has 1 aromatic heterocycles. The summed E-state index contributed by atoms with van der Waals surface area (Å²) in [6.07, 6.45) is 1.68. The molecule has 3 aromatic carbocycles. The van der Waals surface area contributed by atoms with E-state index in [1.165, 1.54) is 6.07 Å². The van der Waals surface area contributed by atoms with Crippen molar-refractivity contribution in [3.63, 3.8) is 0 Å². The van der Waals surface area contributed by atoms with Crippen LogP contribution in [0.5, 0.6) is 23.0 Å². The van der Waals surface area contributed by atoms with E-state index < -0.39 is 5.91 Å². The molecule has 0 spiro atoms. The molecule has 1 heterocycles. The van der Waals surface area contributed by atoms with Crippen molar-refractivity contribution >= 4 is 63.0 Å². The van der Waals surface area contributed by atoms with Gasteiger partial charge in [0, 0.05) is 28.4 Å². The first-order chi connectivity index (χ1) is 17.7. The number of rotatable bonds is 6. The predicted octanol–water partition coefficient (Wildman–Crippen LogP) is 7.09. The monoisotopic (exact) mass is 555 g/mol. The lowest BCUT2D eigenvalue weighted by molar-refractivity contribution is 0.0978. The number of methoxy groups -OCH3 is 2. The van der Waals surface area contributed by atoms with Gasteiger partial charge in [-0.1, -0.05) is 23.2 Å². The summed E-state index contributed by atoms with van der Waals surface area (Å²) in [6, 6.07) is 13.7. The largest absolute Gasteiger partial charge is 0.493 e. The predicted molar refractivity (Wildman–Crippen MR) is 151 cm³/mol. The third-order valence-corrected chi connectivity index (χ3v) is 6.57. The lowest BCUT2D eigenvalue weighted by Gasteiger charge is -2.17. The Balaban J connectivity index is 1.54. The van der Waals surface area contributed by atoms with Crippen molar-refractivity contribution in [2.75, 3.05) is 19.5 Å². The molecule has 0 atom stereocenters. The first kappa shape index (κ1) is 26.5. The van der Waals surface area contributed by atoms with Gasteiger partial charge in [-0.15, -0.1) is 0 Å². The number of hydrogen-bond acceptors (Lipinski definition) is 6. The number of fused-ring (bicyclic) bond motifs is 1. The highest BCUT2D eigenvalue weighted by Gasteiger charge is 2.16. The Morgan fingerprint density at radius 2 is 1.62 bits per heavy atom. The average Bonchev–Trinajstić information content (AvgIpc) is 2.87. The fourth-order valence-corrected chi connectivity index (χ4v) is 4.39. The maximum atomic E-state index is 12.6. The lowest BCUT2D eigenvalue weighted by atomic mass is 10.1. The molecule has 0 aliphatic heterocycles. The molecule has 0 unspecified atom stereocenters. The topological polar surface area (TPSA) is 81.7 Å². The highest BCUT2D eigenvalue weighted by Crippen LogP contribution is 2.38. The van der Waals surface area contributed by atoms with Crippen LogP contribution in [-0.4, -0.2) is 30.2 Å². The first-order valence-electron chi connectivity index (χ1n) is 11.1. The fourth-order valence-electron chi connectivity index (χ4n) is 3.69. The van der Waals surface area contributed by atoms with E-state index in [9.17, 15) is 4.79 Å². The van der Waals surface area contributed by atoms with Crippen LogP contribution in [0.1, 0.15) is 21.5 Å². The Labute approximate surface area is 229 Å². The van der Waals surface area contributed by atoms with Gasteiger partial charge < -0.3 is 19.5 Å². The average molecular weight is 556 g/mol. The summed E-state index contributed by atoms with van der Waals surface area (Å²) < 4.78 is 17.1. The van der Waals surface area contributed by atoms with E-state index in [1.807, 2.05) is 32.0 Å². The molecule has 0 saturated heterocycles. The second kappa shape index (κ2) is 11.2. The quantitative estimate of drug-likeness (QED) is 0.245. The van der Waals surface area contributed by atoms with E-state index in [1.54, 1.807) is 44.7 Å². The highest BCUT2D eigenvalue weighted by atomic mass is 35.5. The van der Waals surface area contributed by atoms with Crippen molar-refractivity contribution in [2.45, 2.75) is 13.8 Å². The zero-order valence-corrected chi connectivity index (χ0v) is 22.8. The third-order valence-electron chi connectivity index (χ3n) is 5.82. The second-order valence-electron chi connectivity index (χ2n) is 8.03. The van der Waals surface area contributed by atoms with Crippen molar-refractivity contribution in [2.24, 2.45) is 0 Å². The molecule has 7 nitrogen and oxygen atoms in total. The van der Waals surface area contributed by atoms with Crippen molar-refractivity contribution in [1.82, 2.24) is 10.3 Å². The number of carbonyl (C=O) groups excluding carboxylic acids is 1. The lowest BCUT2D eigenvalue weighted by Crippen LogP contribution is -2.34. The molecule has 0 aliphatic rings. The van der Waals surface area contributed by atoms with Crippen LogP contribution in [0.2, 0.25) is 10.0 Å². The van der Waals surface area contributed by atoms with Gasteiger partial charge in [-0.25, -0.2) is 0 Å². The minimum Gasteiger partial charge on any atom is -0.493 e. The van der Waals surface area contributed by atoms with Gasteiger partial charge in [0.05, 0.1) is 30.3 Å². The van der Waals surface area contributed by atoms with Gasteiger partial charge in [-0.2, -0.15) is 0 Å². The Kier molecular flexibility index (Phi) is 8.02. The molecular formula is C27H23Cl2N3O4S. The van der Waals surface area contributed by atoms with Crippen molar-refractivity contribution in [3.8, 4) is 23.0 Å². The number of nitrogens with zero attached hydrogens (tertiary/aromatic N) is 1. The summed E-state index contributed by atoms with van der Waals surface area (Å²) in [5.74, 6) is 2.01. The van der Waals surface area contributed by atoms with Crippen molar-refractivity contribution < 1.29 is 19.0 Å². The summed E-state index contributed by atoms with van der Waals surface area (Å²) in [4.78, 5) is 17.0. The molecule has 0 fully saturated rings. The molecular weight excluding hydrogens is 533 g/mol. The Morgan fingerprint density at radius 1 is 0.892 bits per heavy atom. The van der Waals surface area contributed by atoms with Gasteiger partial charge in [0.15, 0.2) is 16.6 Å². The van der Waals surface area contributed by atoms with Gasteiger partial charge >= 0.3 is 0 Å². The fraction of sp³-hybridized carbons (Fsp3) is 0.148. The number of pyridine rings is 1. The van der Waals surface area contributed by atoms with Gasteiger partial charge in [-0.05, 0) is 79.7 Å². The highest BCUT2D eigenvalue weighted by molar-refractivity contribution is 7.80. The van der Waals surface area contributed by atoms with E-state index in [2.05, 4.69) is 15.6 Å². The number of hydrogen-bond donors (Lipinski definition) is 2. The van der Waals surface area contributed by atoms with E-state index in [0.29, 0.717) is 33.5 Å². The number of ether oxygens (including phenoxy) is 3. The van der Waals surface area contributed by atoms with Crippen LogP contribution in [0.25, 0.3) is 10.9 Å². The molecule has 4 rings (SSSR count). The van der Waals surface area contributed by atoms with Crippen LogP contribution in [-0.2, 0) is 0 Å². The zero-order chi connectivity index (χ0) is 26.7. The second-order valence-corrected chi connectivity index (χ2v) is 9.28. The number of aromatic nitrogens is 1. The summed E-state index contributed by atoms with van der Waals surface area (Å²) in [5, 5.41) is 7.30. The minimum atomic E-state index is -0.440. The smallest absolute Gasteiger partial charge is 0.258 e. The van der Waals surface area contributed by atoms with Crippen LogP contribution >= 0.6 is 35.4 Å². The Hall–Kier alpha value is -3.59. The number of halogens is 2. The SMILES string of the molecule is COc1cc2nccc(Oc3ccc(NC(=S)NC(=O)c4ccc(Cl)cc4Cl)c(C)c3C)c2cc1OC. The van der Waals surface area contributed by atoms with Crippen LogP contribution in [0, 0.1) is 13.8 Å². The minimum absolute atomic E-state index is 0.133. The summed E-state index contributed by atoms with van der Waals surface area (Å²) in [6.45, 7) is 3.88. The summed E-state index contributed by atoms with van der Waals surface area (Å²) in [5.41, 5.74) is 3.50. The maximum Gasteiger partial charge on any atom is 0.258 e. The number of benzene rings is 3. The maximum absolute atomic E-state index is 12.6. The van der Waals surface area contributed by atoms with Crippen molar-refractivity contribution in [3.05, 3.63) is 81.5 Å². The van der Waals surface area contributed by atoms with E-state index >= 15 is 0 Å².